The number of rotatable bonds is 9. The molecule has 1 N–H and O–H groups in total. The fraction of sp³-hybridized carbons (Fsp3) is 0.111. The summed E-state index contributed by atoms with van der Waals surface area (Å²) in [5.74, 6) is 1.48. The molecule has 0 aliphatic rings. The summed E-state index contributed by atoms with van der Waals surface area (Å²) < 4.78 is 5.79. The molecule has 0 saturated heterocycles. The number of thioether (sulfide) groups is 1. The molecule has 32 heavy (non-hydrogen) atoms. The molecule has 4 nitrogen and oxygen atoms in total. The zero-order valence-corrected chi connectivity index (χ0v) is 18.4. The highest BCUT2D eigenvalue weighted by Gasteiger charge is 2.07. The largest absolute Gasteiger partial charge is 0.493 e. The Morgan fingerprint density at radius 1 is 0.812 bits per heavy atom. The topological polar surface area (TPSA) is 51.2 Å². The molecule has 0 saturated carbocycles. The quantitative estimate of drug-likeness (QED) is 0.253. The van der Waals surface area contributed by atoms with E-state index in [-0.39, 0.29) is 5.91 Å². The van der Waals surface area contributed by atoms with Crippen molar-refractivity contribution < 1.29 is 9.53 Å². The summed E-state index contributed by atoms with van der Waals surface area (Å²) >= 11 is 1.76. The highest BCUT2D eigenvalue weighted by molar-refractivity contribution is 7.99. The Balaban J connectivity index is 1.24. The van der Waals surface area contributed by atoms with Crippen molar-refractivity contribution in [2.45, 2.75) is 11.3 Å². The van der Waals surface area contributed by atoms with Gasteiger partial charge < -0.3 is 10.1 Å². The molecule has 0 bridgehead atoms. The standard InChI is InChI=1S/C27H24N2O2S/c30-27(29-24-10-6-21(7-11-24)20-22-14-16-28-17-15-22)23-8-12-25(13-9-23)31-18-19-32-26-4-2-1-3-5-26/h1-17H,18-20H2,(H,29,30). The maximum absolute atomic E-state index is 12.6. The van der Waals surface area contributed by atoms with Crippen molar-refractivity contribution in [3.05, 3.63) is 120 Å². The third kappa shape index (κ3) is 6.46. The molecule has 1 heterocycles. The van der Waals surface area contributed by atoms with E-state index in [2.05, 4.69) is 22.4 Å². The average Bonchev–Trinajstić information content (AvgIpc) is 2.85. The van der Waals surface area contributed by atoms with Gasteiger partial charge in [-0.05, 0) is 78.2 Å². The molecule has 0 aliphatic carbocycles. The van der Waals surface area contributed by atoms with E-state index in [4.69, 9.17) is 4.74 Å². The Bertz CT molecular complexity index is 1120. The minimum Gasteiger partial charge on any atom is -0.493 e. The second kappa shape index (κ2) is 11.2. The number of ether oxygens (including phenoxy) is 1. The maximum Gasteiger partial charge on any atom is 0.255 e. The van der Waals surface area contributed by atoms with E-state index in [0.717, 1.165) is 23.6 Å². The highest BCUT2D eigenvalue weighted by atomic mass is 32.2. The number of benzene rings is 3. The van der Waals surface area contributed by atoms with Crippen LogP contribution in [-0.4, -0.2) is 23.3 Å². The van der Waals surface area contributed by atoms with Gasteiger partial charge in [0.1, 0.15) is 5.75 Å². The molecule has 1 aromatic heterocycles. The van der Waals surface area contributed by atoms with Gasteiger partial charge in [0, 0.05) is 34.3 Å². The van der Waals surface area contributed by atoms with Gasteiger partial charge in [0.2, 0.25) is 0 Å². The Hall–Kier alpha value is -3.57. The van der Waals surface area contributed by atoms with Crippen molar-refractivity contribution in [3.63, 3.8) is 0 Å². The first-order valence-corrected chi connectivity index (χ1v) is 11.4. The number of pyridine rings is 1. The van der Waals surface area contributed by atoms with Crippen LogP contribution in [-0.2, 0) is 6.42 Å². The molecule has 160 valence electrons. The van der Waals surface area contributed by atoms with Crippen LogP contribution in [0.25, 0.3) is 0 Å². The molecular weight excluding hydrogens is 416 g/mol. The lowest BCUT2D eigenvalue weighted by atomic mass is 10.1. The van der Waals surface area contributed by atoms with Crippen molar-refractivity contribution in [2.24, 2.45) is 0 Å². The van der Waals surface area contributed by atoms with Crippen molar-refractivity contribution in [2.75, 3.05) is 17.7 Å². The van der Waals surface area contributed by atoms with E-state index in [1.807, 2.05) is 66.7 Å². The Kier molecular flexibility index (Phi) is 7.55. The molecule has 3 aromatic carbocycles. The Morgan fingerprint density at radius 2 is 1.50 bits per heavy atom. The van der Waals surface area contributed by atoms with Crippen LogP contribution < -0.4 is 10.1 Å². The minimum absolute atomic E-state index is 0.141. The molecule has 4 rings (SSSR count). The van der Waals surface area contributed by atoms with Crippen LogP contribution >= 0.6 is 11.8 Å². The first kappa shape index (κ1) is 21.7. The van der Waals surface area contributed by atoms with Crippen LogP contribution in [0.3, 0.4) is 0 Å². The fourth-order valence-electron chi connectivity index (χ4n) is 3.18. The molecule has 0 fully saturated rings. The summed E-state index contributed by atoms with van der Waals surface area (Å²) in [6.07, 6.45) is 4.43. The van der Waals surface area contributed by atoms with E-state index >= 15 is 0 Å². The van der Waals surface area contributed by atoms with Crippen molar-refractivity contribution in [1.82, 2.24) is 4.98 Å². The lowest BCUT2D eigenvalue weighted by molar-refractivity contribution is 0.102. The summed E-state index contributed by atoms with van der Waals surface area (Å²) in [5.41, 5.74) is 3.75. The molecule has 4 aromatic rings. The summed E-state index contributed by atoms with van der Waals surface area (Å²) in [6.45, 7) is 0.608. The van der Waals surface area contributed by atoms with Gasteiger partial charge in [0.25, 0.3) is 5.91 Å². The lowest BCUT2D eigenvalue weighted by Gasteiger charge is -2.09. The van der Waals surface area contributed by atoms with Crippen molar-refractivity contribution >= 4 is 23.4 Å². The zero-order chi connectivity index (χ0) is 22.0. The van der Waals surface area contributed by atoms with Gasteiger partial charge in [0.15, 0.2) is 0 Å². The zero-order valence-electron chi connectivity index (χ0n) is 17.6. The molecule has 0 atom stereocenters. The van der Waals surface area contributed by atoms with E-state index in [1.165, 1.54) is 16.0 Å². The highest BCUT2D eigenvalue weighted by Crippen LogP contribution is 2.19. The van der Waals surface area contributed by atoms with Crippen LogP contribution in [0.2, 0.25) is 0 Å². The number of nitrogens with zero attached hydrogens (tertiary/aromatic N) is 1. The van der Waals surface area contributed by atoms with Gasteiger partial charge in [-0.3, -0.25) is 9.78 Å². The minimum atomic E-state index is -0.141. The summed E-state index contributed by atoms with van der Waals surface area (Å²) in [7, 11) is 0. The van der Waals surface area contributed by atoms with Gasteiger partial charge in [-0.15, -0.1) is 11.8 Å². The normalized spacial score (nSPS) is 10.5. The first-order chi connectivity index (χ1) is 15.8. The second-order valence-corrected chi connectivity index (χ2v) is 8.39. The predicted octanol–water partition coefficient (Wildman–Crippen LogP) is 6.10. The number of hydrogen-bond acceptors (Lipinski definition) is 4. The van der Waals surface area contributed by atoms with Gasteiger partial charge in [-0.25, -0.2) is 0 Å². The molecular formula is C27H24N2O2S. The first-order valence-electron chi connectivity index (χ1n) is 10.5. The van der Waals surface area contributed by atoms with Gasteiger partial charge in [0.05, 0.1) is 6.61 Å². The third-order valence-electron chi connectivity index (χ3n) is 4.85. The number of anilines is 1. The molecule has 1 amide bonds. The number of carbonyl (C=O) groups excluding carboxylic acids is 1. The number of aromatic nitrogens is 1. The second-order valence-electron chi connectivity index (χ2n) is 7.22. The van der Waals surface area contributed by atoms with Crippen LogP contribution in [0.15, 0.2) is 108 Å². The molecule has 0 radical (unpaired) electrons. The van der Waals surface area contributed by atoms with E-state index in [1.54, 1.807) is 36.3 Å². The van der Waals surface area contributed by atoms with Gasteiger partial charge in [-0.2, -0.15) is 0 Å². The number of nitrogens with one attached hydrogen (secondary N) is 1. The number of hydrogen-bond donors (Lipinski definition) is 1. The van der Waals surface area contributed by atoms with Crippen molar-refractivity contribution in [3.8, 4) is 5.75 Å². The Morgan fingerprint density at radius 3 is 2.22 bits per heavy atom. The molecule has 0 spiro atoms. The van der Waals surface area contributed by atoms with Crippen LogP contribution in [0.1, 0.15) is 21.5 Å². The van der Waals surface area contributed by atoms with E-state index < -0.39 is 0 Å². The molecule has 0 unspecified atom stereocenters. The predicted molar refractivity (Wildman–Crippen MR) is 131 cm³/mol. The number of carbonyl (C=O) groups is 1. The van der Waals surface area contributed by atoms with Gasteiger partial charge in [-0.1, -0.05) is 30.3 Å². The van der Waals surface area contributed by atoms with Gasteiger partial charge >= 0.3 is 0 Å². The molecule has 5 heteroatoms. The van der Waals surface area contributed by atoms with Crippen molar-refractivity contribution in [1.29, 1.82) is 0 Å². The van der Waals surface area contributed by atoms with Crippen LogP contribution in [0, 0.1) is 0 Å². The van der Waals surface area contributed by atoms with E-state index in [9.17, 15) is 4.79 Å². The SMILES string of the molecule is O=C(Nc1ccc(Cc2ccncc2)cc1)c1ccc(OCCSc2ccccc2)cc1. The third-order valence-corrected chi connectivity index (χ3v) is 5.83. The molecule has 0 aliphatic heterocycles. The van der Waals surface area contributed by atoms with Crippen LogP contribution in [0.4, 0.5) is 5.69 Å². The summed E-state index contributed by atoms with van der Waals surface area (Å²) in [4.78, 5) is 17.8. The average molecular weight is 441 g/mol. The maximum atomic E-state index is 12.6. The summed E-state index contributed by atoms with van der Waals surface area (Å²) in [5, 5.41) is 2.95. The summed E-state index contributed by atoms with van der Waals surface area (Å²) in [6, 6.07) is 29.4. The lowest BCUT2D eigenvalue weighted by Crippen LogP contribution is -2.11. The Labute approximate surface area is 192 Å². The number of amides is 1. The smallest absolute Gasteiger partial charge is 0.255 e. The fourth-order valence-corrected chi connectivity index (χ4v) is 3.94. The monoisotopic (exact) mass is 440 g/mol. The van der Waals surface area contributed by atoms with Crippen LogP contribution in [0.5, 0.6) is 5.75 Å². The van der Waals surface area contributed by atoms with E-state index in [0.29, 0.717) is 12.2 Å².